The number of hydrogen-bond acceptors (Lipinski definition) is 5. The number of amides is 1. The maximum Gasteiger partial charge on any atom is 0.251 e. The molecule has 4 N–H and O–H groups in total. The van der Waals surface area contributed by atoms with Gasteiger partial charge in [0.15, 0.2) is 0 Å². The molecule has 6 heteroatoms. The van der Waals surface area contributed by atoms with E-state index < -0.39 is 0 Å². The lowest BCUT2D eigenvalue weighted by Gasteiger charge is -2.24. The van der Waals surface area contributed by atoms with Crippen molar-refractivity contribution in [3.05, 3.63) is 48.0 Å². The summed E-state index contributed by atoms with van der Waals surface area (Å²) in [4.78, 5) is 21.4. The van der Waals surface area contributed by atoms with Crippen LogP contribution in [0.4, 0.5) is 11.8 Å². The van der Waals surface area contributed by atoms with E-state index in [-0.39, 0.29) is 11.9 Å². The number of carbonyl (C=O) groups excluding carboxylic acids is 1. The van der Waals surface area contributed by atoms with Crippen molar-refractivity contribution in [3.63, 3.8) is 0 Å². The van der Waals surface area contributed by atoms with E-state index in [9.17, 15) is 4.79 Å². The molecule has 2 aliphatic rings. The number of hydrogen-bond donors (Lipinski definition) is 3. The number of fused-ring (bicyclic) bond motifs is 1. The van der Waals surface area contributed by atoms with Crippen molar-refractivity contribution in [2.45, 2.75) is 57.0 Å². The first-order chi connectivity index (χ1) is 14.7. The van der Waals surface area contributed by atoms with Crippen LogP contribution in [-0.4, -0.2) is 28.0 Å². The van der Waals surface area contributed by atoms with Gasteiger partial charge in [-0.3, -0.25) is 4.79 Å². The Morgan fingerprint density at radius 3 is 2.50 bits per heavy atom. The van der Waals surface area contributed by atoms with E-state index in [1.165, 1.54) is 19.3 Å². The Hall–Kier alpha value is -3.15. The maximum absolute atomic E-state index is 12.4. The third kappa shape index (κ3) is 4.08. The van der Waals surface area contributed by atoms with Crippen LogP contribution in [0.5, 0.6) is 0 Å². The topological polar surface area (TPSA) is 92.9 Å². The predicted octanol–water partition coefficient (Wildman–Crippen LogP) is 4.52. The van der Waals surface area contributed by atoms with Gasteiger partial charge < -0.3 is 16.4 Å². The number of nitrogens with zero attached hydrogens (tertiary/aromatic N) is 2. The van der Waals surface area contributed by atoms with Gasteiger partial charge in [-0.25, -0.2) is 4.98 Å². The molecule has 154 valence electrons. The predicted molar refractivity (Wildman–Crippen MR) is 120 cm³/mol. The molecule has 5 rings (SSSR count). The Balaban J connectivity index is 1.48. The third-order valence-electron chi connectivity index (χ3n) is 6.03. The molecule has 3 aromatic rings. The standard InChI is InChI=1S/C24H27N5O/c25-24-28-21-12-9-16(14-20(21)22(29-24)26-18-7-2-1-3-8-18)15-5-4-6-17(13-15)23(30)27-19-10-11-19/h4-6,9,12-14,18-19H,1-3,7-8,10-11H2,(H,27,30)(H3,25,26,28,29). The van der Waals surface area contributed by atoms with Crippen LogP contribution in [0.1, 0.15) is 55.3 Å². The Kier molecular flexibility index (Phi) is 4.99. The van der Waals surface area contributed by atoms with Crippen LogP contribution in [0.15, 0.2) is 42.5 Å². The number of nitrogens with two attached hydrogens (primary N) is 1. The summed E-state index contributed by atoms with van der Waals surface area (Å²) in [5.41, 5.74) is 9.52. The smallest absolute Gasteiger partial charge is 0.251 e. The first-order valence-corrected chi connectivity index (χ1v) is 10.9. The second-order valence-electron chi connectivity index (χ2n) is 8.47. The zero-order chi connectivity index (χ0) is 20.5. The van der Waals surface area contributed by atoms with Crippen LogP contribution in [-0.2, 0) is 0 Å². The van der Waals surface area contributed by atoms with Gasteiger partial charge in [-0.15, -0.1) is 0 Å². The SMILES string of the molecule is Nc1nc(NC2CCCCC2)c2cc(-c3cccc(C(=O)NC4CC4)c3)ccc2n1. The van der Waals surface area contributed by atoms with E-state index in [0.29, 0.717) is 17.6 Å². The van der Waals surface area contributed by atoms with Gasteiger partial charge in [-0.1, -0.05) is 37.5 Å². The van der Waals surface area contributed by atoms with E-state index in [0.717, 1.165) is 53.5 Å². The number of nitrogen functional groups attached to an aromatic ring is 1. The van der Waals surface area contributed by atoms with Crippen LogP contribution < -0.4 is 16.4 Å². The third-order valence-corrected chi connectivity index (χ3v) is 6.03. The summed E-state index contributed by atoms with van der Waals surface area (Å²) in [7, 11) is 0. The quantitative estimate of drug-likeness (QED) is 0.585. The molecule has 1 amide bonds. The molecule has 0 spiro atoms. The number of anilines is 2. The normalized spacial score (nSPS) is 17.1. The summed E-state index contributed by atoms with van der Waals surface area (Å²) < 4.78 is 0. The average molecular weight is 402 g/mol. The monoisotopic (exact) mass is 401 g/mol. The van der Waals surface area contributed by atoms with Gasteiger partial charge in [0.1, 0.15) is 5.82 Å². The van der Waals surface area contributed by atoms with E-state index in [1.54, 1.807) is 0 Å². The highest BCUT2D eigenvalue weighted by Crippen LogP contribution is 2.30. The minimum Gasteiger partial charge on any atom is -0.368 e. The second-order valence-corrected chi connectivity index (χ2v) is 8.47. The van der Waals surface area contributed by atoms with Gasteiger partial charge in [0.25, 0.3) is 5.91 Å². The highest BCUT2D eigenvalue weighted by atomic mass is 16.1. The van der Waals surface area contributed by atoms with Crippen molar-refractivity contribution in [3.8, 4) is 11.1 Å². The Morgan fingerprint density at radius 1 is 0.900 bits per heavy atom. The molecule has 2 saturated carbocycles. The van der Waals surface area contributed by atoms with Crippen LogP contribution in [0.25, 0.3) is 22.0 Å². The zero-order valence-corrected chi connectivity index (χ0v) is 17.0. The molecule has 0 radical (unpaired) electrons. The maximum atomic E-state index is 12.4. The van der Waals surface area contributed by atoms with Crippen molar-refractivity contribution < 1.29 is 4.79 Å². The first kappa shape index (κ1) is 18.9. The molecule has 1 heterocycles. The average Bonchev–Trinajstić information content (AvgIpc) is 3.58. The van der Waals surface area contributed by atoms with Gasteiger partial charge in [-0.2, -0.15) is 4.98 Å². The lowest BCUT2D eigenvalue weighted by molar-refractivity contribution is 0.0951. The Bertz CT molecular complexity index is 1090. The number of rotatable bonds is 5. The summed E-state index contributed by atoms with van der Waals surface area (Å²) in [6.45, 7) is 0. The summed E-state index contributed by atoms with van der Waals surface area (Å²) in [6.07, 6.45) is 8.27. The van der Waals surface area contributed by atoms with Crippen LogP contribution in [0.2, 0.25) is 0 Å². The fourth-order valence-corrected chi connectivity index (χ4v) is 4.21. The lowest BCUT2D eigenvalue weighted by atomic mass is 9.95. The highest BCUT2D eigenvalue weighted by molar-refractivity contribution is 5.97. The fourth-order valence-electron chi connectivity index (χ4n) is 4.21. The molecule has 0 unspecified atom stereocenters. The Morgan fingerprint density at radius 2 is 1.70 bits per heavy atom. The Labute approximate surface area is 176 Å². The largest absolute Gasteiger partial charge is 0.368 e. The van der Waals surface area contributed by atoms with Crippen molar-refractivity contribution >= 4 is 28.6 Å². The van der Waals surface area contributed by atoms with Gasteiger partial charge in [-0.05, 0) is 61.1 Å². The number of aromatic nitrogens is 2. The first-order valence-electron chi connectivity index (χ1n) is 10.9. The summed E-state index contributed by atoms with van der Waals surface area (Å²) >= 11 is 0. The molecule has 0 saturated heterocycles. The fraction of sp³-hybridized carbons (Fsp3) is 0.375. The van der Waals surface area contributed by atoms with E-state index in [1.807, 2.05) is 36.4 Å². The molecule has 6 nitrogen and oxygen atoms in total. The summed E-state index contributed by atoms with van der Waals surface area (Å²) in [5.74, 6) is 1.08. The summed E-state index contributed by atoms with van der Waals surface area (Å²) in [6, 6.07) is 14.6. The van der Waals surface area contributed by atoms with Gasteiger partial charge in [0.05, 0.1) is 5.52 Å². The minimum absolute atomic E-state index is 0.00380. The summed E-state index contributed by atoms with van der Waals surface area (Å²) in [5, 5.41) is 7.62. The van der Waals surface area contributed by atoms with Gasteiger partial charge in [0.2, 0.25) is 5.95 Å². The molecule has 2 aromatic carbocycles. The molecular formula is C24H27N5O. The molecular weight excluding hydrogens is 374 g/mol. The molecule has 1 aromatic heterocycles. The van der Waals surface area contributed by atoms with Crippen molar-refractivity contribution in [1.82, 2.24) is 15.3 Å². The molecule has 30 heavy (non-hydrogen) atoms. The van der Waals surface area contributed by atoms with Gasteiger partial charge >= 0.3 is 0 Å². The number of carbonyl (C=O) groups is 1. The zero-order valence-electron chi connectivity index (χ0n) is 17.0. The van der Waals surface area contributed by atoms with Crippen molar-refractivity contribution in [2.24, 2.45) is 0 Å². The van der Waals surface area contributed by atoms with E-state index in [2.05, 4.69) is 26.7 Å². The molecule has 0 atom stereocenters. The van der Waals surface area contributed by atoms with Crippen LogP contribution in [0.3, 0.4) is 0 Å². The molecule has 0 bridgehead atoms. The number of benzene rings is 2. The van der Waals surface area contributed by atoms with E-state index >= 15 is 0 Å². The van der Waals surface area contributed by atoms with Crippen LogP contribution >= 0.6 is 0 Å². The molecule has 2 aliphatic carbocycles. The van der Waals surface area contributed by atoms with Crippen LogP contribution in [0, 0.1) is 0 Å². The van der Waals surface area contributed by atoms with Gasteiger partial charge in [0, 0.05) is 23.0 Å². The number of nitrogens with one attached hydrogen (secondary N) is 2. The van der Waals surface area contributed by atoms with Crippen molar-refractivity contribution in [2.75, 3.05) is 11.1 Å². The highest BCUT2D eigenvalue weighted by Gasteiger charge is 2.24. The van der Waals surface area contributed by atoms with E-state index in [4.69, 9.17) is 5.73 Å². The minimum atomic E-state index is -0.00380. The molecule has 2 fully saturated rings. The van der Waals surface area contributed by atoms with Crippen molar-refractivity contribution in [1.29, 1.82) is 0 Å². The second kappa shape index (κ2) is 7.94. The lowest BCUT2D eigenvalue weighted by Crippen LogP contribution is -2.25. The molecule has 0 aliphatic heterocycles.